The van der Waals surface area contributed by atoms with Gasteiger partial charge in [-0.1, -0.05) is 31.2 Å². The number of carbonyl (C=O) groups excluding carboxylic acids is 2. The van der Waals surface area contributed by atoms with Crippen molar-refractivity contribution >= 4 is 29.0 Å². The van der Waals surface area contributed by atoms with Gasteiger partial charge in [0.15, 0.2) is 0 Å². The van der Waals surface area contributed by atoms with Crippen LogP contribution in [-0.2, 0) is 4.79 Å². The Morgan fingerprint density at radius 1 is 1.12 bits per heavy atom. The standard InChI is InChI=1S/C19H21N3O2/c1-12-8-9-15(20-14(3)23)10-17(12)21-19(24)22-11-13(2)16-6-4-5-7-18(16)22/h4-10,13H,11H2,1-3H3,(H,20,23)(H,21,24). The molecule has 124 valence electrons. The van der Waals surface area contributed by atoms with Crippen LogP contribution in [0.5, 0.6) is 0 Å². The second-order valence-electron chi connectivity index (χ2n) is 6.21. The predicted octanol–water partition coefficient (Wildman–Crippen LogP) is 4.11. The quantitative estimate of drug-likeness (QED) is 0.873. The molecule has 2 aromatic rings. The van der Waals surface area contributed by atoms with E-state index in [1.807, 2.05) is 37.3 Å². The first kappa shape index (κ1) is 16.1. The third-order valence-corrected chi connectivity index (χ3v) is 4.26. The van der Waals surface area contributed by atoms with Gasteiger partial charge in [-0.25, -0.2) is 4.79 Å². The van der Waals surface area contributed by atoms with E-state index >= 15 is 0 Å². The van der Waals surface area contributed by atoms with Gasteiger partial charge in [0.25, 0.3) is 0 Å². The Morgan fingerprint density at radius 2 is 1.88 bits per heavy atom. The third-order valence-electron chi connectivity index (χ3n) is 4.26. The number of rotatable bonds is 2. The molecule has 1 atom stereocenters. The number of benzene rings is 2. The SMILES string of the molecule is CC(=O)Nc1ccc(C)c(NC(=O)N2CC(C)c3ccccc32)c1. The summed E-state index contributed by atoms with van der Waals surface area (Å²) in [6.07, 6.45) is 0. The number of nitrogens with zero attached hydrogens (tertiary/aromatic N) is 1. The molecule has 0 saturated heterocycles. The lowest BCUT2D eigenvalue weighted by Gasteiger charge is -2.19. The fourth-order valence-electron chi connectivity index (χ4n) is 3.03. The maximum Gasteiger partial charge on any atom is 0.326 e. The highest BCUT2D eigenvalue weighted by Crippen LogP contribution is 2.36. The zero-order chi connectivity index (χ0) is 17.3. The van der Waals surface area contributed by atoms with Crippen molar-refractivity contribution in [2.45, 2.75) is 26.7 Å². The second kappa shape index (κ2) is 6.35. The monoisotopic (exact) mass is 323 g/mol. The predicted molar refractivity (Wildman–Crippen MR) is 96.7 cm³/mol. The topological polar surface area (TPSA) is 61.4 Å². The summed E-state index contributed by atoms with van der Waals surface area (Å²) in [6.45, 7) is 6.17. The Balaban J connectivity index is 1.82. The summed E-state index contributed by atoms with van der Waals surface area (Å²) in [5.74, 6) is 0.178. The van der Waals surface area contributed by atoms with Crippen molar-refractivity contribution in [1.82, 2.24) is 0 Å². The van der Waals surface area contributed by atoms with E-state index < -0.39 is 0 Å². The van der Waals surface area contributed by atoms with Gasteiger partial charge < -0.3 is 10.6 Å². The number of anilines is 3. The van der Waals surface area contributed by atoms with E-state index in [-0.39, 0.29) is 11.9 Å². The largest absolute Gasteiger partial charge is 0.326 e. The Hall–Kier alpha value is -2.82. The molecule has 3 rings (SSSR count). The molecule has 0 radical (unpaired) electrons. The van der Waals surface area contributed by atoms with Crippen molar-refractivity contribution < 1.29 is 9.59 Å². The first-order chi connectivity index (χ1) is 11.5. The van der Waals surface area contributed by atoms with E-state index in [2.05, 4.69) is 23.6 Å². The third kappa shape index (κ3) is 3.11. The molecule has 0 aromatic heterocycles. The van der Waals surface area contributed by atoms with Crippen molar-refractivity contribution in [1.29, 1.82) is 0 Å². The minimum atomic E-state index is -0.158. The number of hydrogen-bond donors (Lipinski definition) is 2. The van der Waals surface area contributed by atoms with E-state index in [0.29, 0.717) is 23.8 Å². The highest BCUT2D eigenvalue weighted by Gasteiger charge is 2.29. The Morgan fingerprint density at radius 3 is 2.62 bits per heavy atom. The molecule has 0 bridgehead atoms. The van der Waals surface area contributed by atoms with Gasteiger partial charge in [-0.15, -0.1) is 0 Å². The number of nitrogens with one attached hydrogen (secondary N) is 2. The number of hydrogen-bond acceptors (Lipinski definition) is 2. The highest BCUT2D eigenvalue weighted by molar-refractivity contribution is 6.04. The first-order valence-electron chi connectivity index (χ1n) is 8.01. The average molecular weight is 323 g/mol. The van der Waals surface area contributed by atoms with E-state index in [0.717, 1.165) is 11.3 Å². The van der Waals surface area contributed by atoms with Crippen molar-refractivity contribution in [2.24, 2.45) is 0 Å². The molecular formula is C19H21N3O2. The van der Waals surface area contributed by atoms with Crippen LogP contribution >= 0.6 is 0 Å². The van der Waals surface area contributed by atoms with E-state index in [4.69, 9.17) is 0 Å². The van der Waals surface area contributed by atoms with Gasteiger partial charge in [0.2, 0.25) is 5.91 Å². The summed E-state index contributed by atoms with van der Waals surface area (Å²) in [5, 5.41) is 5.70. The van der Waals surface area contributed by atoms with Gasteiger partial charge in [-0.05, 0) is 36.2 Å². The van der Waals surface area contributed by atoms with Crippen LogP contribution in [0.1, 0.15) is 30.9 Å². The maximum absolute atomic E-state index is 12.7. The van der Waals surface area contributed by atoms with Crippen LogP contribution in [0.3, 0.4) is 0 Å². The zero-order valence-corrected chi connectivity index (χ0v) is 14.1. The second-order valence-corrected chi connectivity index (χ2v) is 6.21. The van der Waals surface area contributed by atoms with Gasteiger partial charge in [-0.2, -0.15) is 0 Å². The van der Waals surface area contributed by atoms with Crippen LogP contribution in [-0.4, -0.2) is 18.5 Å². The molecule has 1 heterocycles. The lowest BCUT2D eigenvalue weighted by molar-refractivity contribution is -0.114. The summed E-state index contributed by atoms with van der Waals surface area (Å²) >= 11 is 0. The lowest BCUT2D eigenvalue weighted by Crippen LogP contribution is -2.34. The summed E-state index contributed by atoms with van der Waals surface area (Å²) in [4.78, 5) is 25.7. The van der Waals surface area contributed by atoms with E-state index in [1.165, 1.54) is 12.5 Å². The summed E-state index contributed by atoms with van der Waals surface area (Å²) in [5.41, 5.74) is 4.45. The van der Waals surface area contributed by atoms with Crippen LogP contribution in [0.4, 0.5) is 21.9 Å². The molecule has 1 aliphatic rings. The van der Waals surface area contributed by atoms with Crippen LogP contribution in [0, 0.1) is 6.92 Å². The number of amides is 3. The van der Waals surface area contributed by atoms with Gasteiger partial charge in [-0.3, -0.25) is 9.69 Å². The Kier molecular flexibility index (Phi) is 4.25. The normalized spacial score (nSPS) is 15.8. The first-order valence-corrected chi connectivity index (χ1v) is 8.01. The molecule has 24 heavy (non-hydrogen) atoms. The smallest absolute Gasteiger partial charge is 0.326 e. The maximum atomic E-state index is 12.7. The van der Waals surface area contributed by atoms with Crippen LogP contribution in [0.15, 0.2) is 42.5 Å². The van der Waals surface area contributed by atoms with Gasteiger partial charge in [0.1, 0.15) is 0 Å². The van der Waals surface area contributed by atoms with E-state index in [9.17, 15) is 9.59 Å². The minimum Gasteiger partial charge on any atom is -0.326 e. The van der Waals surface area contributed by atoms with Crippen LogP contribution < -0.4 is 15.5 Å². The Labute approximate surface area is 141 Å². The summed E-state index contributed by atoms with van der Waals surface area (Å²) < 4.78 is 0. The highest BCUT2D eigenvalue weighted by atomic mass is 16.2. The van der Waals surface area contributed by atoms with Gasteiger partial charge in [0.05, 0.1) is 0 Å². The molecule has 0 saturated carbocycles. The molecule has 0 aliphatic carbocycles. The average Bonchev–Trinajstić information content (AvgIpc) is 2.88. The molecule has 1 unspecified atom stereocenters. The van der Waals surface area contributed by atoms with E-state index in [1.54, 1.807) is 11.0 Å². The van der Waals surface area contributed by atoms with Crippen LogP contribution in [0.25, 0.3) is 0 Å². The molecule has 1 aliphatic heterocycles. The molecule has 0 spiro atoms. The van der Waals surface area contributed by atoms with Crippen molar-refractivity contribution in [3.8, 4) is 0 Å². The zero-order valence-electron chi connectivity index (χ0n) is 14.1. The molecule has 2 aromatic carbocycles. The van der Waals surface area contributed by atoms with Crippen molar-refractivity contribution in [2.75, 3.05) is 22.1 Å². The van der Waals surface area contributed by atoms with Gasteiger partial charge in [0, 0.05) is 36.4 Å². The minimum absolute atomic E-state index is 0.140. The molecule has 5 heteroatoms. The number of para-hydroxylation sites is 1. The number of fused-ring (bicyclic) bond motifs is 1. The molecular weight excluding hydrogens is 302 g/mol. The van der Waals surface area contributed by atoms with Gasteiger partial charge >= 0.3 is 6.03 Å². The van der Waals surface area contributed by atoms with Crippen molar-refractivity contribution in [3.05, 3.63) is 53.6 Å². The fourth-order valence-corrected chi connectivity index (χ4v) is 3.03. The summed E-state index contributed by atoms with van der Waals surface area (Å²) in [7, 11) is 0. The van der Waals surface area contributed by atoms with Crippen LogP contribution in [0.2, 0.25) is 0 Å². The number of urea groups is 1. The summed E-state index contributed by atoms with van der Waals surface area (Å²) in [6, 6.07) is 13.3. The Bertz CT molecular complexity index is 801. The molecule has 0 fully saturated rings. The fraction of sp³-hybridized carbons (Fsp3) is 0.263. The number of carbonyl (C=O) groups is 2. The lowest BCUT2D eigenvalue weighted by atomic mass is 10.0. The molecule has 2 N–H and O–H groups in total. The van der Waals surface area contributed by atoms with Crippen molar-refractivity contribution in [3.63, 3.8) is 0 Å². The molecule has 5 nitrogen and oxygen atoms in total. The number of aryl methyl sites for hydroxylation is 1. The molecule has 3 amide bonds.